The molecule has 1 saturated heterocycles. The van der Waals surface area contributed by atoms with Gasteiger partial charge in [-0.15, -0.1) is 0 Å². The van der Waals surface area contributed by atoms with Crippen LogP contribution in [0.25, 0.3) is 0 Å². The first-order valence-electron chi connectivity index (χ1n) is 5.49. The minimum atomic E-state index is -1.57. The molecule has 2 rings (SSSR count). The van der Waals surface area contributed by atoms with E-state index < -0.39 is 37.3 Å². The molecule has 0 aromatic heterocycles. The van der Waals surface area contributed by atoms with Crippen LogP contribution < -0.4 is 0 Å². The minimum Gasteiger partial charge on any atom is -0.497 e. The molecule has 7 heteroatoms. The van der Waals surface area contributed by atoms with Gasteiger partial charge in [0.05, 0.1) is 12.9 Å². The molecular formula is C11H18O7. The Hall–Kier alpha value is -0.960. The van der Waals surface area contributed by atoms with Crippen LogP contribution in [0.2, 0.25) is 0 Å². The van der Waals surface area contributed by atoms with Gasteiger partial charge in [0.25, 0.3) is 0 Å². The van der Waals surface area contributed by atoms with Crippen LogP contribution in [0.4, 0.5) is 0 Å². The number of rotatable bonds is 1. The van der Waals surface area contributed by atoms with E-state index in [9.17, 15) is 0 Å². The molecule has 0 spiro atoms. The third kappa shape index (κ3) is 4.05. The average molecular weight is 262 g/mol. The summed E-state index contributed by atoms with van der Waals surface area (Å²) in [6, 6.07) is 0. The maximum absolute atomic E-state index is 9.12. The highest BCUT2D eigenvalue weighted by Gasteiger charge is 2.42. The van der Waals surface area contributed by atoms with Crippen molar-refractivity contribution in [3.63, 3.8) is 0 Å². The normalized spacial score (nSPS) is 38.6. The minimum absolute atomic E-state index is 0.526. The van der Waals surface area contributed by atoms with Crippen molar-refractivity contribution in [2.24, 2.45) is 0 Å². The number of allylic oxidation sites excluding steroid dienone is 2. The summed E-state index contributed by atoms with van der Waals surface area (Å²) in [6.45, 7) is 0.207. The Morgan fingerprint density at radius 3 is 2.11 bits per heavy atom. The first-order chi connectivity index (χ1) is 8.57. The van der Waals surface area contributed by atoms with E-state index >= 15 is 0 Å². The van der Waals surface area contributed by atoms with E-state index in [1.54, 1.807) is 6.26 Å². The highest BCUT2D eigenvalue weighted by atomic mass is 16.6. The van der Waals surface area contributed by atoms with Crippen LogP contribution >= 0.6 is 0 Å². The summed E-state index contributed by atoms with van der Waals surface area (Å²) in [5, 5.41) is 44.7. The second-order valence-electron chi connectivity index (χ2n) is 3.81. The fraction of sp³-hybridized carbons (Fsp3) is 0.636. The van der Waals surface area contributed by atoms with Crippen LogP contribution in [0.3, 0.4) is 0 Å². The molecule has 0 aliphatic carbocycles. The summed E-state index contributed by atoms with van der Waals surface area (Å²) in [5.41, 5.74) is 0. The first-order valence-corrected chi connectivity index (χ1v) is 5.49. The van der Waals surface area contributed by atoms with E-state index in [4.69, 9.17) is 30.3 Å². The molecule has 104 valence electrons. The van der Waals surface area contributed by atoms with Gasteiger partial charge >= 0.3 is 0 Å². The molecule has 0 bridgehead atoms. The lowest BCUT2D eigenvalue weighted by atomic mass is 10.00. The number of hydrogen-bond acceptors (Lipinski definition) is 7. The molecule has 0 unspecified atom stereocenters. The fourth-order valence-corrected chi connectivity index (χ4v) is 1.43. The van der Waals surface area contributed by atoms with Gasteiger partial charge in [-0.1, -0.05) is 6.08 Å². The van der Waals surface area contributed by atoms with Gasteiger partial charge in [-0.05, 0) is 12.2 Å². The molecule has 2 heterocycles. The Morgan fingerprint density at radius 2 is 1.72 bits per heavy atom. The molecule has 0 saturated carbocycles. The second kappa shape index (κ2) is 7.47. The maximum Gasteiger partial charge on any atom is 0.184 e. The standard InChI is InChI=1S/C6H12O6.C5H6O/c7-1-2-3(8)4(9)5(10)6(11)12-2;1-2-4-6-5-3-1/h2-11H,1H2;1-4H,5H2/t2-,3-,4+,5+,6+;/m1./s1. The average Bonchev–Trinajstić information content (AvgIpc) is 2.43. The zero-order valence-corrected chi connectivity index (χ0v) is 9.66. The number of hydrogen-bond donors (Lipinski definition) is 5. The van der Waals surface area contributed by atoms with Gasteiger partial charge in [-0.3, -0.25) is 0 Å². The van der Waals surface area contributed by atoms with Crippen LogP contribution in [0.5, 0.6) is 0 Å². The van der Waals surface area contributed by atoms with Gasteiger partial charge < -0.3 is 35.0 Å². The molecule has 5 N–H and O–H groups in total. The SMILES string of the molecule is C1=CCOC=C1.OC[C@H]1O[C@H](O)[C@@H](O)[C@@H](O)[C@@H]1O. The Labute approximate surface area is 104 Å². The van der Waals surface area contributed by atoms with E-state index in [0.717, 1.165) is 6.61 Å². The van der Waals surface area contributed by atoms with Crippen molar-refractivity contribution in [2.75, 3.05) is 13.2 Å². The van der Waals surface area contributed by atoms with Crippen molar-refractivity contribution in [1.82, 2.24) is 0 Å². The predicted molar refractivity (Wildman–Crippen MR) is 60.2 cm³/mol. The summed E-state index contributed by atoms with van der Waals surface area (Å²) < 4.78 is 9.38. The lowest BCUT2D eigenvalue weighted by Gasteiger charge is -2.37. The molecule has 1 fully saturated rings. The molecule has 0 amide bonds. The molecule has 7 nitrogen and oxygen atoms in total. The van der Waals surface area contributed by atoms with E-state index in [0.29, 0.717) is 0 Å². The number of aliphatic hydroxyl groups excluding tert-OH is 5. The van der Waals surface area contributed by atoms with E-state index in [1.165, 1.54) is 0 Å². The summed E-state index contributed by atoms with van der Waals surface area (Å²) in [6.07, 6.45) is 0.425. The molecule has 0 aromatic carbocycles. The third-order valence-corrected chi connectivity index (χ3v) is 2.48. The molecular weight excluding hydrogens is 244 g/mol. The third-order valence-electron chi connectivity index (χ3n) is 2.48. The first kappa shape index (κ1) is 15.1. The van der Waals surface area contributed by atoms with Crippen molar-refractivity contribution in [3.8, 4) is 0 Å². The maximum atomic E-state index is 9.12. The highest BCUT2D eigenvalue weighted by Crippen LogP contribution is 2.18. The van der Waals surface area contributed by atoms with Crippen molar-refractivity contribution >= 4 is 0 Å². The highest BCUT2D eigenvalue weighted by molar-refractivity contribution is 5.03. The Bertz CT molecular complexity index is 274. The van der Waals surface area contributed by atoms with Crippen molar-refractivity contribution < 1.29 is 35.0 Å². The predicted octanol–water partition coefficient (Wildman–Crippen LogP) is -2.13. The van der Waals surface area contributed by atoms with Gasteiger partial charge in [0.15, 0.2) is 6.29 Å². The Morgan fingerprint density at radius 1 is 1.00 bits per heavy atom. The van der Waals surface area contributed by atoms with Crippen molar-refractivity contribution in [3.05, 3.63) is 24.5 Å². The van der Waals surface area contributed by atoms with Gasteiger partial charge in [-0.25, -0.2) is 0 Å². The van der Waals surface area contributed by atoms with Crippen molar-refractivity contribution in [2.45, 2.75) is 30.7 Å². The fourth-order valence-electron chi connectivity index (χ4n) is 1.43. The number of aliphatic hydroxyl groups is 5. The van der Waals surface area contributed by atoms with E-state index in [-0.39, 0.29) is 0 Å². The largest absolute Gasteiger partial charge is 0.497 e. The molecule has 0 aromatic rings. The van der Waals surface area contributed by atoms with E-state index in [1.807, 2.05) is 18.2 Å². The number of ether oxygens (including phenoxy) is 2. The van der Waals surface area contributed by atoms with Gasteiger partial charge in [-0.2, -0.15) is 0 Å². The Kier molecular flexibility index (Phi) is 6.27. The van der Waals surface area contributed by atoms with Crippen LogP contribution in [0.1, 0.15) is 0 Å². The quantitative estimate of drug-likeness (QED) is 0.366. The topological polar surface area (TPSA) is 120 Å². The Balaban J connectivity index is 0.000000225. The summed E-state index contributed by atoms with van der Waals surface area (Å²) >= 11 is 0. The van der Waals surface area contributed by atoms with Crippen LogP contribution in [-0.2, 0) is 9.47 Å². The lowest BCUT2D eigenvalue weighted by Crippen LogP contribution is -2.58. The lowest BCUT2D eigenvalue weighted by molar-refractivity contribution is -0.286. The zero-order valence-electron chi connectivity index (χ0n) is 9.66. The van der Waals surface area contributed by atoms with Crippen LogP contribution in [0, 0.1) is 0 Å². The molecule has 5 atom stereocenters. The van der Waals surface area contributed by atoms with Crippen LogP contribution in [0.15, 0.2) is 24.5 Å². The monoisotopic (exact) mass is 262 g/mol. The summed E-state index contributed by atoms with van der Waals surface area (Å²) in [5.74, 6) is 0. The summed E-state index contributed by atoms with van der Waals surface area (Å²) in [7, 11) is 0. The smallest absolute Gasteiger partial charge is 0.184 e. The van der Waals surface area contributed by atoms with Crippen molar-refractivity contribution in [1.29, 1.82) is 0 Å². The molecule has 18 heavy (non-hydrogen) atoms. The summed E-state index contributed by atoms with van der Waals surface area (Å²) in [4.78, 5) is 0. The molecule has 2 aliphatic rings. The zero-order chi connectivity index (χ0) is 13.5. The van der Waals surface area contributed by atoms with E-state index in [2.05, 4.69) is 4.74 Å². The molecule has 2 aliphatic heterocycles. The van der Waals surface area contributed by atoms with Gasteiger partial charge in [0, 0.05) is 0 Å². The van der Waals surface area contributed by atoms with Gasteiger partial charge in [0.2, 0.25) is 0 Å². The second-order valence-corrected chi connectivity index (χ2v) is 3.81. The molecule has 0 radical (unpaired) electrons. The van der Waals surface area contributed by atoms with Crippen LogP contribution in [-0.4, -0.2) is 69.5 Å². The van der Waals surface area contributed by atoms with Gasteiger partial charge in [0.1, 0.15) is 31.0 Å².